The lowest BCUT2D eigenvalue weighted by molar-refractivity contribution is 0.187. The van der Waals surface area contributed by atoms with Crippen LogP contribution in [-0.2, 0) is 10.0 Å². The summed E-state index contributed by atoms with van der Waals surface area (Å²) >= 11 is 0. The van der Waals surface area contributed by atoms with Gasteiger partial charge in [-0.25, -0.2) is 8.42 Å². The number of likely N-dealkylation sites (N-methyl/N-ethyl adjacent to an activating group) is 2. The van der Waals surface area contributed by atoms with E-state index in [0.29, 0.717) is 11.3 Å². The third-order valence-electron chi connectivity index (χ3n) is 3.99. The second-order valence-electron chi connectivity index (χ2n) is 5.57. The van der Waals surface area contributed by atoms with Gasteiger partial charge in [-0.15, -0.1) is 0 Å². The van der Waals surface area contributed by atoms with E-state index in [1.807, 2.05) is 7.05 Å². The largest absolute Gasteiger partial charge is 0.398 e. The average molecular weight is 297 g/mol. The van der Waals surface area contributed by atoms with Crippen molar-refractivity contribution in [2.45, 2.75) is 30.7 Å². The minimum atomic E-state index is -3.54. The molecule has 1 fully saturated rings. The summed E-state index contributed by atoms with van der Waals surface area (Å²) in [6.45, 7) is 3.57. The molecule has 20 heavy (non-hydrogen) atoms. The van der Waals surface area contributed by atoms with Gasteiger partial charge in [-0.1, -0.05) is 12.1 Å². The van der Waals surface area contributed by atoms with Crippen molar-refractivity contribution in [1.82, 2.24) is 9.21 Å². The van der Waals surface area contributed by atoms with Crippen molar-refractivity contribution in [3.05, 3.63) is 23.8 Å². The molecule has 1 saturated heterocycles. The smallest absolute Gasteiger partial charge is 0.245 e. The normalized spacial score (nSPS) is 21.3. The summed E-state index contributed by atoms with van der Waals surface area (Å²) in [5.74, 6) is 0. The van der Waals surface area contributed by atoms with E-state index in [2.05, 4.69) is 4.90 Å². The van der Waals surface area contributed by atoms with Crippen molar-refractivity contribution in [1.29, 1.82) is 0 Å². The number of hydrogen-bond donors (Lipinski definition) is 1. The predicted molar refractivity (Wildman–Crippen MR) is 81.1 cm³/mol. The number of benzene rings is 1. The van der Waals surface area contributed by atoms with Crippen LogP contribution in [0.5, 0.6) is 0 Å². The maximum atomic E-state index is 12.8. The molecule has 0 amide bonds. The first kappa shape index (κ1) is 15.3. The highest BCUT2D eigenvalue weighted by Crippen LogP contribution is 2.28. The molecule has 5 nitrogen and oxygen atoms in total. The molecule has 6 heteroatoms. The number of nitrogen functional groups attached to an aromatic ring is 1. The first-order valence-corrected chi connectivity index (χ1v) is 8.29. The van der Waals surface area contributed by atoms with Gasteiger partial charge in [-0.3, -0.25) is 0 Å². The van der Waals surface area contributed by atoms with Crippen molar-refractivity contribution in [3.63, 3.8) is 0 Å². The SMILES string of the molecule is Cc1cccc(N)c1S(=O)(=O)N(C)C1CCCN(C)C1. The first-order chi connectivity index (χ1) is 9.34. The molecule has 1 atom stereocenters. The van der Waals surface area contributed by atoms with E-state index in [1.165, 1.54) is 4.31 Å². The minimum Gasteiger partial charge on any atom is -0.398 e. The summed E-state index contributed by atoms with van der Waals surface area (Å²) < 4.78 is 27.1. The number of nitrogens with two attached hydrogens (primary N) is 1. The van der Waals surface area contributed by atoms with Crippen molar-refractivity contribution in [2.24, 2.45) is 0 Å². The van der Waals surface area contributed by atoms with Gasteiger partial charge in [0.1, 0.15) is 4.90 Å². The lowest BCUT2D eigenvalue weighted by Gasteiger charge is -2.35. The van der Waals surface area contributed by atoms with E-state index in [4.69, 9.17) is 5.73 Å². The topological polar surface area (TPSA) is 66.6 Å². The van der Waals surface area contributed by atoms with Crippen molar-refractivity contribution < 1.29 is 8.42 Å². The Bertz CT molecular complexity index is 566. The van der Waals surface area contributed by atoms with Crippen LogP contribution in [0.2, 0.25) is 0 Å². The van der Waals surface area contributed by atoms with Crippen molar-refractivity contribution >= 4 is 15.7 Å². The Balaban J connectivity index is 2.34. The third-order valence-corrected chi connectivity index (χ3v) is 6.12. The molecule has 2 N–H and O–H groups in total. The number of sulfonamides is 1. The number of anilines is 1. The van der Waals surface area contributed by atoms with Crippen LogP contribution in [0.4, 0.5) is 5.69 Å². The molecule has 0 aliphatic carbocycles. The van der Waals surface area contributed by atoms with E-state index >= 15 is 0 Å². The summed E-state index contributed by atoms with van der Waals surface area (Å²) in [6, 6.07) is 5.21. The highest BCUT2D eigenvalue weighted by atomic mass is 32.2. The van der Waals surface area contributed by atoms with Gasteiger partial charge < -0.3 is 10.6 Å². The number of aryl methyl sites for hydroxylation is 1. The Morgan fingerprint density at radius 3 is 2.70 bits per heavy atom. The molecular formula is C14H23N3O2S. The molecule has 2 rings (SSSR count). The van der Waals surface area contributed by atoms with Gasteiger partial charge in [-0.05, 0) is 45.0 Å². The predicted octanol–water partition coefficient (Wildman–Crippen LogP) is 1.29. The van der Waals surface area contributed by atoms with Gasteiger partial charge in [0, 0.05) is 19.6 Å². The van der Waals surface area contributed by atoms with Crippen LogP contribution in [0.25, 0.3) is 0 Å². The fourth-order valence-corrected chi connectivity index (χ4v) is 4.50. The van der Waals surface area contributed by atoms with Crippen LogP contribution in [0.1, 0.15) is 18.4 Å². The number of piperidine rings is 1. The van der Waals surface area contributed by atoms with Crippen LogP contribution in [0, 0.1) is 6.92 Å². The van der Waals surface area contributed by atoms with Gasteiger partial charge in [0.15, 0.2) is 0 Å². The van der Waals surface area contributed by atoms with Gasteiger partial charge >= 0.3 is 0 Å². The van der Waals surface area contributed by atoms with Crippen LogP contribution >= 0.6 is 0 Å². The summed E-state index contributed by atoms with van der Waals surface area (Å²) in [4.78, 5) is 2.41. The highest BCUT2D eigenvalue weighted by Gasteiger charge is 2.32. The molecule has 0 bridgehead atoms. The summed E-state index contributed by atoms with van der Waals surface area (Å²) in [5, 5.41) is 0. The molecule has 1 unspecified atom stereocenters. The second-order valence-corrected chi connectivity index (χ2v) is 7.51. The number of rotatable bonds is 3. The van der Waals surface area contributed by atoms with Crippen LogP contribution in [0.15, 0.2) is 23.1 Å². The van der Waals surface area contributed by atoms with Crippen LogP contribution < -0.4 is 5.73 Å². The molecule has 1 aromatic rings. The van der Waals surface area contributed by atoms with E-state index in [0.717, 1.165) is 25.9 Å². The van der Waals surface area contributed by atoms with Gasteiger partial charge in [-0.2, -0.15) is 4.31 Å². The first-order valence-electron chi connectivity index (χ1n) is 6.85. The monoisotopic (exact) mass is 297 g/mol. The standard InChI is InChI=1S/C14H23N3O2S/c1-11-6-4-8-13(15)14(11)20(18,19)17(3)12-7-5-9-16(2)10-12/h4,6,8,12H,5,7,9-10,15H2,1-3H3. The molecular weight excluding hydrogens is 274 g/mol. The average Bonchev–Trinajstić information content (AvgIpc) is 2.37. The Labute approximate surface area is 121 Å². The van der Waals surface area contributed by atoms with Crippen LogP contribution in [-0.4, -0.2) is 50.8 Å². The molecule has 0 saturated carbocycles. The van der Waals surface area contributed by atoms with E-state index < -0.39 is 10.0 Å². The molecule has 0 spiro atoms. The van der Waals surface area contributed by atoms with Gasteiger partial charge in [0.2, 0.25) is 10.0 Å². The minimum absolute atomic E-state index is 0.0118. The summed E-state index contributed by atoms with van der Waals surface area (Å²) in [6.07, 6.45) is 1.91. The zero-order chi connectivity index (χ0) is 14.9. The van der Waals surface area contributed by atoms with E-state index in [-0.39, 0.29) is 10.9 Å². The molecule has 112 valence electrons. The lowest BCUT2D eigenvalue weighted by atomic mass is 10.1. The Hall–Kier alpha value is -1.11. The molecule has 0 aromatic heterocycles. The number of likely N-dealkylation sites (tertiary alicyclic amines) is 1. The maximum absolute atomic E-state index is 12.8. The Kier molecular flexibility index (Phi) is 4.36. The zero-order valence-corrected chi connectivity index (χ0v) is 13.2. The van der Waals surface area contributed by atoms with E-state index in [9.17, 15) is 8.42 Å². The highest BCUT2D eigenvalue weighted by molar-refractivity contribution is 7.89. The molecule has 1 aliphatic heterocycles. The van der Waals surface area contributed by atoms with Crippen molar-refractivity contribution in [2.75, 3.05) is 32.9 Å². The summed E-state index contributed by atoms with van der Waals surface area (Å²) in [5.41, 5.74) is 6.90. The fraction of sp³-hybridized carbons (Fsp3) is 0.571. The number of nitrogens with zero attached hydrogens (tertiary/aromatic N) is 2. The fourth-order valence-electron chi connectivity index (χ4n) is 2.80. The number of hydrogen-bond acceptors (Lipinski definition) is 4. The second kappa shape index (κ2) is 5.71. The lowest BCUT2D eigenvalue weighted by Crippen LogP contribution is -2.47. The molecule has 0 radical (unpaired) electrons. The molecule has 1 heterocycles. The van der Waals surface area contributed by atoms with Crippen LogP contribution in [0.3, 0.4) is 0 Å². The van der Waals surface area contributed by atoms with Crippen molar-refractivity contribution in [3.8, 4) is 0 Å². The maximum Gasteiger partial charge on any atom is 0.245 e. The van der Waals surface area contributed by atoms with E-state index in [1.54, 1.807) is 32.2 Å². The Morgan fingerprint density at radius 1 is 1.40 bits per heavy atom. The summed E-state index contributed by atoms with van der Waals surface area (Å²) in [7, 11) is 0.139. The molecule has 1 aromatic carbocycles. The Morgan fingerprint density at radius 2 is 2.10 bits per heavy atom. The van der Waals surface area contributed by atoms with Gasteiger partial charge in [0.05, 0.1) is 5.69 Å². The van der Waals surface area contributed by atoms with Gasteiger partial charge in [0.25, 0.3) is 0 Å². The zero-order valence-electron chi connectivity index (χ0n) is 12.3. The molecule has 1 aliphatic rings. The quantitative estimate of drug-likeness (QED) is 0.854. The third kappa shape index (κ3) is 2.82.